The summed E-state index contributed by atoms with van der Waals surface area (Å²) in [6.07, 6.45) is 0.653. The Morgan fingerprint density at radius 2 is 1.95 bits per heavy atom. The van der Waals surface area contributed by atoms with Gasteiger partial charge >= 0.3 is 11.9 Å². The Morgan fingerprint density at radius 3 is 2.48 bits per heavy atom. The number of rotatable bonds is 8. The minimum absolute atomic E-state index is 0.0171. The number of furan rings is 1. The molecule has 1 aromatic heterocycles. The summed E-state index contributed by atoms with van der Waals surface area (Å²) in [6, 6.07) is 1.58. The van der Waals surface area contributed by atoms with Gasteiger partial charge in [-0.1, -0.05) is 0 Å². The van der Waals surface area contributed by atoms with Gasteiger partial charge < -0.3 is 25.3 Å². The fourth-order valence-electron chi connectivity index (χ4n) is 1.43. The van der Waals surface area contributed by atoms with E-state index in [4.69, 9.17) is 14.6 Å². The third-order valence-corrected chi connectivity index (χ3v) is 2.43. The van der Waals surface area contributed by atoms with E-state index in [2.05, 4.69) is 10.6 Å². The van der Waals surface area contributed by atoms with Crippen LogP contribution < -0.4 is 10.6 Å². The number of amides is 2. The Morgan fingerprint density at radius 1 is 1.24 bits per heavy atom. The Labute approximate surface area is 118 Å². The van der Waals surface area contributed by atoms with E-state index in [-0.39, 0.29) is 12.2 Å². The normalized spacial score (nSPS) is 11.4. The number of hydrogen-bond donors (Lipinski definition) is 4. The number of nitrogens with one attached hydrogen (secondary N) is 2. The van der Waals surface area contributed by atoms with Crippen molar-refractivity contribution in [2.24, 2.45) is 0 Å². The highest BCUT2D eigenvalue weighted by molar-refractivity contribution is 5.94. The van der Waals surface area contributed by atoms with E-state index in [1.165, 1.54) is 18.4 Å². The Kier molecular flexibility index (Phi) is 5.93. The van der Waals surface area contributed by atoms with Crippen LogP contribution in [0.4, 0.5) is 0 Å². The zero-order valence-electron chi connectivity index (χ0n) is 10.9. The summed E-state index contributed by atoms with van der Waals surface area (Å²) in [7, 11) is 0. The van der Waals surface area contributed by atoms with E-state index < -0.39 is 42.8 Å². The largest absolute Gasteiger partial charge is 0.481 e. The molecule has 1 atom stereocenters. The first-order chi connectivity index (χ1) is 9.90. The van der Waals surface area contributed by atoms with Crippen LogP contribution in [0.3, 0.4) is 0 Å². The van der Waals surface area contributed by atoms with Crippen LogP contribution in [0.2, 0.25) is 0 Å². The van der Waals surface area contributed by atoms with Crippen molar-refractivity contribution in [2.75, 3.05) is 6.54 Å². The molecule has 0 saturated carbocycles. The minimum atomic E-state index is -1.35. The van der Waals surface area contributed by atoms with Crippen molar-refractivity contribution in [3.63, 3.8) is 0 Å². The van der Waals surface area contributed by atoms with E-state index in [1.54, 1.807) is 0 Å². The summed E-state index contributed by atoms with van der Waals surface area (Å²) < 4.78 is 4.81. The van der Waals surface area contributed by atoms with Crippen LogP contribution in [-0.4, -0.2) is 46.6 Å². The molecule has 1 aromatic rings. The molecule has 0 aromatic carbocycles. The molecule has 9 heteroatoms. The Balaban J connectivity index is 2.41. The lowest BCUT2D eigenvalue weighted by molar-refractivity contribution is -0.142. The second kappa shape index (κ2) is 7.68. The molecule has 114 valence electrons. The van der Waals surface area contributed by atoms with Gasteiger partial charge in [0.05, 0.1) is 12.8 Å². The predicted molar refractivity (Wildman–Crippen MR) is 67.5 cm³/mol. The van der Waals surface area contributed by atoms with Gasteiger partial charge in [0.25, 0.3) is 5.91 Å². The molecule has 4 N–H and O–H groups in total. The lowest BCUT2D eigenvalue weighted by atomic mass is 10.1. The Hall–Kier alpha value is -2.84. The van der Waals surface area contributed by atoms with Crippen LogP contribution in [0, 0.1) is 0 Å². The summed E-state index contributed by atoms with van der Waals surface area (Å²) >= 11 is 0. The smallest absolute Gasteiger partial charge is 0.326 e. The SMILES string of the molecule is O=C(O)CC[C@H](NC(=O)CNC(=O)c1ccco1)C(=O)O. The van der Waals surface area contributed by atoms with Crippen molar-refractivity contribution in [1.82, 2.24) is 10.6 Å². The van der Waals surface area contributed by atoms with Crippen molar-refractivity contribution < 1.29 is 33.8 Å². The zero-order valence-corrected chi connectivity index (χ0v) is 10.9. The van der Waals surface area contributed by atoms with Gasteiger partial charge in [-0.2, -0.15) is 0 Å². The molecular weight excluding hydrogens is 284 g/mol. The summed E-state index contributed by atoms with van der Waals surface area (Å²) in [5.74, 6) is -3.85. The van der Waals surface area contributed by atoms with E-state index >= 15 is 0 Å². The van der Waals surface area contributed by atoms with Crippen LogP contribution in [-0.2, 0) is 14.4 Å². The molecule has 0 aliphatic carbocycles. The van der Waals surface area contributed by atoms with Crippen LogP contribution >= 0.6 is 0 Å². The van der Waals surface area contributed by atoms with Crippen LogP contribution in [0.5, 0.6) is 0 Å². The van der Waals surface area contributed by atoms with Crippen LogP contribution in [0.1, 0.15) is 23.4 Å². The molecule has 1 heterocycles. The average Bonchev–Trinajstić information content (AvgIpc) is 2.94. The second-order valence-electron chi connectivity index (χ2n) is 4.05. The Bertz CT molecular complexity index is 524. The van der Waals surface area contributed by atoms with Gasteiger partial charge in [-0.15, -0.1) is 0 Å². The van der Waals surface area contributed by atoms with Gasteiger partial charge in [-0.25, -0.2) is 4.79 Å². The van der Waals surface area contributed by atoms with Crippen molar-refractivity contribution >= 4 is 23.8 Å². The standard InChI is InChI=1S/C12H14N2O7/c15-9(6-13-11(18)8-2-1-5-21-8)14-7(12(19)20)3-4-10(16)17/h1-2,5,7H,3-4,6H2,(H,13,18)(H,14,15)(H,16,17)(H,19,20)/t7-/m0/s1. The first kappa shape index (κ1) is 16.2. The first-order valence-electron chi connectivity index (χ1n) is 5.96. The number of hydrogen-bond acceptors (Lipinski definition) is 5. The summed E-state index contributed by atoms with van der Waals surface area (Å²) in [4.78, 5) is 44.2. The van der Waals surface area contributed by atoms with Gasteiger partial charge in [0, 0.05) is 6.42 Å². The monoisotopic (exact) mass is 298 g/mol. The molecule has 9 nitrogen and oxygen atoms in total. The zero-order chi connectivity index (χ0) is 15.8. The molecule has 0 spiro atoms. The molecule has 1 rings (SSSR count). The molecule has 0 unspecified atom stereocenters. The highest BCUT2D eigenvalue weighted by Gasteiger charge is 2.21. The lowest BCUT2D eigenvalue weighted by Gasteiger charge is -2.13. The molecule has 0 aliphatic rings. The summed E-state index contributed by atoms with van der Waals surface area (Å²) in [5, 5.41) is 21.7. The van der Waals surface area contributed by atoms with E-state index in [9.17, 15) is 19.2 Å². The topological polar surface area (TPSA) is 146 Å². The van der Waals surface area contributed by atoms with Crippen molar-refractivity contribution in [3.05, 3.63) is 24.2 Å². The first-order valence-corrected chi connectivity index (χ1v) is 5.96. The number of carbonyl (C=O) groups is 4. The van der Waals surface area contributed by atoms with E-state index in [0.717, 1.165) is 0 Å². The van der Waals surface area contributed by atoms with Gasteiger partial charge in [0.15, 0.2) is 5.76 Å². The molecule has 0 fully saturated rings. The molecule has 0 aliphatic heterocycles. The highest BCUT2D eigenvalue weighted by atomic mass is 16.4. The third kappa shape index (κ3) is 5.76. The van der Waals surface area contributed by atoms with Gasteiger partial charge in [-0.3, -0.25) is 14.4 Å². The van der Waals surface area contributed by atoms with E-state index in [0.29, 0.717) is 0 Å². The maximum atomic E-state index is 11.5. The maximum absolute atomic E-state index is 11.5. The summed E-state index contributed by atoms with van der Waals surface area (Å²) in [5.41, 5.74) is 0. The molecular formula is C12H14N2O7. The van der Waals surface area contributed by atoms with Crippen LogP contribution in [0.15, 0.2) is 22.8 Å². The second-order valence-corrected chi connectivity index (χ2v) is 4.05. The quantitative estimate of drug-likeness (QED) is 0.503. The fourth-order valence-corrected chi connectivity index (χ4v) is 1.43. The molecule has 0 saturated heterocycles. The number of carboxylic acids is 2. The highest BCUT2D eigenvalue weighted by Crippen LogP contribution is 1.99. The summed E-state index contributed by atoms with van der Waals surface area (Å²) in [6.45, 7) is -0.448. The number of aliphatic carboxylic acids is 2. The third-order valence-electron chi connectivity index (χ3n) is 2.43. The molecule has 0 radical (unpaired) electrons. The van der Waals surface area contributed by atoms with Gasteiger partial charge in [0.2, 0.25) is 5.91 Å². The molecule has 0 bridgehead atoms. The van der Waals surface area contributed by atoms with Gasteiger partial charge in [-0.05, 0) is 18.6 Å². The van der Waals surface area contributed by atoms with E-state index in [1.807, 2.05) is 0 Å². The van der Waals surface area contributed by atoms with Crippen molar-refractivity contribution in [3.8, 4) is 0 Å². The number of carboxylic acid groups (broad SMARTS) is 2. The maximum Gasteiger partial charge on any atom is 0.326 e. The predicted octanol–water partition coefficient (Wildman–Crippen LogP) is -0.556. The lowest BCUT2D eigenvalue weighted by Crippen LogP contribution is -2.45. The van der Waals surface area contributed by atoms with Crippen molar-refractivity contribution in [2.45, 2.75) is 18.9 Å². The van der Waals surface area contributed by atoms with Crippen molar-refractivity contribution in [1.29, 1.82) is 0 Å². The van der Waals surface area contributed by atoms with Gasteiger partial charge in [0.1, 0.15) is 6.04 Å². The molecule has 2 amide bonds. The minimum Gasteiger partial charge on any atom is -0.481 e. The fraction of sp³-hybridized carbons (Fsp3) is 0.333. The number of carbonyl (C=O) groups excluding carboxylic acids is 2. The van der Waals surface area contributed by atoms with Crippen LogP contribution in [0.25, 0.3) is 0 Å². The molecule has 21 heavy (non-hydrogen) atoms. The average molecular weight is 298 g/mol.